The fraction of sp³-hybridized carbons (Fsp3) is 0.158. The van der Waals surface area contributed by atoms with Gasteiger partial charge in [0, 0.05) is 30.4 Å². The maximum atomic E-state index is 12.3. The van der Waals surface area contributed by atoms with Gasteiger partial charge in [-0.25, -0.2) is 4.68 Å². The van der Waals surface area contributed by atoms with Crippen LogP contribution in [0.25, 0.3) is 5.65 Å². The number of hydrogen-bond donors (Lipinski definition) is 1. The number of aromatic nitrogens is 5. The van der Waals surface area contributed by atoms with E-state index in [2.05, 4.69) is 20.6 Å². The molecule has 142 valence electrons. The molecule has 0 radical (unpaired) electrons. The van der Waals surface area contributed by atoms with Crippen LogP contribution in [0.4, 0.5) is 0 Å². The number of carbonyl (C=O) groups excluding carboxylic acids is 1. The van der Waals surface area contributed by atoms with E-state index in [-0.39, 0.29) is 12.6 Å². The summed E-state index contributed by atoms with van der Waals surface area (Å²) < 4.78 is 9.04. The van der Waals surface area contributed by atoms with E-state index >= 15 is 0 Å². The number of fused-ring (bicyclic) bond motifs is 1. The smallest absolute Gasteiger partial charge is 0.271 e. The van der Waals surface area contributed by atoms with Crippen LogP contribution in [0.3, 0.4) is 0 Å². The maximum Gasteiger partial charge on any atom is 0.271 e. The Labute approximate surface area is 165 Å². The van der Waals surface area contributed by atoms with Gasteiger partial charge in [0.1, 0.15) is 17.3 Å². The van der Waals surface area contributed by atoms with Crippen molar-refractivity contribution in [2.75, 3.05) is 6.54 Å². The number of halogens is 1. The summed E-state index contributed by atoms with van der Waals surface area (Å²) in [5.74, 6) is 1.17. The van der Waals surface area contributed by atoms with Crippen molar-refractivity contribution in [3.63, 3.8) is 0 Å². The van der Waals surface area contributed by atoms with Crippen LogP contribution in [0.1, 0.15) is 16.3 Å². The monoisotopic (exact) mass is 396 g/mol. The Balaban J connectivity index is 1.29. The standard InChI is InChI=1S/C19H17ClN6O2/c20-14-4-3-5-15(12-14)28-13-25-11-8-16(24-25)19(27)21-9-7-18-23-22-17-6-1-2-10-26(17)18/h1-6,8,10-12H,7,9,13H2,(H,21,27). The predicted molar refractivity (Wildman–Crippen MR) is 103 cm³/mol. The Morgan fingerprint density at radius 1 is 1.11 bits per heavy atom. The quantitative estimate of drug-likeness (QED) is 0.519. The van der Waals surface area contributed by atoms with Crippen LogP contribution in [0.2, 0.25) is 5.02 Å². The van der Waals surface area contributed by atoms with Crippen molar-refractivity contribution in [1.82, 2.24) is 29.7 Å². The van der Waals surface area contributed by atoms with Crippen LogP contribution in [-0.2, 0) is 13.2 Å². The molecule has 0 saturated carbocycles. The summed E-state index contributed by atoms with van der Waals surface area (Å²) in [5, 5.41) is 15.9. The first-order chi connectivity index (χ1) is 13.7. The van der Waals surface area contributed by atoms with Crippen molar-refractivity contribution in [3.05, 3.63) is 77.5 Å². The van der Waals surface area contributed by atoms with E-state index in [1.807, 2.05) is 28.8 Å². The van der Waals surface area contributed by atoms with E-state index in [0.29, 0.717) is 29.4 Å². The SMILES string of the molecule is O=C(NCCc1nnc2ccccn12)c1ccn(COc2cccc(Cl)c2)n1. The van der Waals surface area contributed by atoms with Crippen molar-refractivity contribution >= 4 is 23.2 Å². The third kappa shape index (κ3) is 4.12. The van der Waals surface area contributed by atoms with E-state index in [1.165, 1.54) is 0 Å². The Morgan fingerprint density at radius 3 is 2.93 bits per heavy atom. The number of carbonyl (C=O) groups is 1. The van der Waals surface area contributed by atoms with Gasteiger partial charge in [-0.3, -0.25) is 9.20 Å². The lowest BCUT2D eigenvalue weighted by atomic mass is 10.3. The summed E-state index contributed by atoms with van der Waals surface area (Å²) in [6.45, 7) is 0.611. The third-order valence-electron chi connectivity index (χ3n) is 4.05. The number of ether oxygens (including phenoxy) is 1. The first-order valence-corrected chi connectivity index (χ1v) is 9.05. The van der Waals surface area contributed by atoms with Crippen LogP contribution in [0.5, 0.6) is 5.75 Å². The zero-order chi connectivity index (χ0) is 19.3. The van der Waals surface area contributed by atoms with E-state index in [0.717, 1.165) is 11.5 Å². The van der Waals surface area contributed by atoms with Crippen LogP contribution in [0, 0.1) is 0 Å². The van der Waals surface area contributed by atoms with Crippen molar-refractivity contribution in [2.24, 2.45) is 0 Å². The van der Waals surface area contributed by atoms with Gasteiger partial charge in [-0.15, -0.1) is 10.2 Å². The number of nitrogens with zero attached hydrogens (tertiary/aromatic N) is 5. The highest BCUT2D eigenvalue weighted by Gasteiger charge is 2.10. The minimum atomic E-state index is -0.254. The molecule has 3 heterocycles. The van der Waals surface area contributed by atoms with Gasteiger partial charge in [-0.05, 0) is 36.4 Å². The average Bonchev–Trinajstić information content (AvgIpc) is 3.34. The van der Waals surface area contributed by atoms with Crippen LogP contribution in [-0.4, -0.2) is 36.8 Å². The summed E-state index contributed by atoms with van der Waals surface area (Å²) in [6.07, 6.45) is 4.15. The molecular weight excluding hydrogens is 380 g/mol. The molecule has 3 aromatic heterocycles. The lowest BCUT2D eigenvalue weighted by molar-refractivity contribution is 0.0947. The van der Waals surface area contributed by atoms with Gasteiger partial charge in [0.2, 0.25) is 0 Å². The second kappa shape index (κ2) is 8.10. The molecule has 0 unspecified atom stereocenters. The molecule has 4 aromatic rings. The predicted octanol–water partition coefficient (Wildman–Crippen LogP) is 2.59. The van der Waals surface area contributed by atoms with Crippen LogP contribution < -0.4 is 10.1 Å². The van der Waals surface area contributed by atoms with Gasteiger partial charge < -0.3 is 10.1 Å². The summed E-state index contributed by atoms with van der Waals surface area (Å²) in [4.78, 5) is 12.3. The second-order valence-corrected chi connectivity index (χ2v) is 6.46. The Kier molecular flexibility index (Phi) is 5.20. The molecule has 1 aromatic carbocycles. The molecule has 0 atom stereocenters. The molecule has 0 bridgehead atoms. The molecule has 0 aliphatic carbocycles. The van der Waals surface area contributed by atoms with Crippen molar-refractivity contribution in [2.45, 2.75) is 13.2 Å². The van der Waals surface area contributed by atoms with Gasteiger partial charge in [-0.1, -0.05) is 23.7 Å². The molecule has 4 rings (SSSR count). The second-order valence-electron chi connectivity index (χ2n) is 6.02. The zero-order valence-electron chi connectivity index (χ0n) is 14.8. The summed E-state index contributed by atoms with van der Waals surface area (Å²) in [7, 11) is 0. The van der Waals surface area contributed by atoms with Crippen LogP contribution >= 0.6 is 11.6 Å². The summed E-state index contributed by atoms with van der Waals surface area (Å²) >= 11 is 5.92. The van der Waals surface area contributed by atoms with Crippen molar-refractivity contribution < 1.29 is 9.53 Å². The Morgan fingerprint density at radius 2 is 2.04 bits per heavy atom. The highest BCUT2D eigenvalue weighted by atomic mass is 35.5. The summed E-state index contributed by atoms with van der Waals surface area (Å²) in [6, 6.07) is 14.4. The first-order valence-electron chi connectivity index (χ1n) is 8.68. The Hall–Kier alpha value is -3.39. The number of hydrogen-bond acceptors (Lipinski definition) is 5. The molecule has 0 fully saturated rings. The molecule has 0 saturated heterocycles. The topological polar surface area (TPSA) is 86.3 Å². The first kappa shape index (κ1) is 18.0. The highest BCUT2D eigenvalue weighted by molar-refractivity contribution is 6.30. The normalized spacial score (nSPS) is 10.9. The van der Waals surface area contributed by atoms with Gasteiger partial charge >= 0.3 is 0 Å². The molecule has 0 spiro atoms. The Bertz CT molecular complexity index is 1110. The molecule has 28 heavy (non-hydrogen) atoms. The maximum absolute atomic E-state index is 12.3. The molecule has 1 N–H and O–H groups in total. The van der Waals surface area contributed by atoms with E-state index in [9.17, 15) is 4.79 Å². The number of benzene rings is 1. The van der Waals surface area contributed by atoms with E-state index in [1.54, 1.807) is 41.2 Å². The minimum absolute atomic E-state index is 0.180. The summed E-state index contributed by atoms with van der Waals surface area (Å²) in [5.41, 5.74) is 1.10. The molecule has 0 aliphatic heterocycles. The van der Waals surface area contributed by atoms with Gasteiger partial charge in [0.15, 0.2) is 12.4 Å². The molecular formula is C19H17ClN6O2. The number of rotatable bonds is 7. The zero-order valence-corrected chi connectivity index (χ0v) is 15.6. The molecule has 9 heteroatoms. The minimum Gasteiger partial charge on any atom is -0.471 e. The van der Waals surface area contributed by atoms with Gasteiger partial charge in [0.05, 0.1) is 0 Å². The largest absolute Gasteiger partial charge is 0.471 e. The number of nitrogens with one attached hydrogen (secondary N) is 1. The fourth-order valence-corrected chi connectivity index (χ4v) is 2.87. The highest BCUT2D eigenvalue weighted by Crippen LogP contribution is 2.17. The average molecular weight is 397 g/mol. The van der Waals surface area contributed by atoms with E-state index in [4.69, 9.17) is 16.3 Å². The lowest BCUT2D eigenvalue weighted by Crippen LogP contribution is -2.26. The molecule has 1 amide bonds. The third-order valence-corrected chi connectivity index (χ3v) is 4.29. The van der Waals surface area contributed by atoms with E-state index < -0.39 is 0 Å². The van der Waals surface area contributed by atoms with Crippen molar-refractivity contribution in [1.29, 1.82) is 0 Å². The lowest BCUT2D eigenvalue weighted by Gasteiger charge is -2.06. The number of pyridine rings is 1. The molecule has 0 aliphatic rings. The van der Waals surface area contributed by atoms with Crippen LogP contribution in [0.15, 0.2) is 60.9 Å². The molecule has 8 nitrogen and oxygen atoms in total. The van der Waals surface area contributed by atoms with Gasteiger partial charge in [0.25, 0.3) is 5.91 Å². The van der Waals surface area contributed by atoms with Crippen molar-refractivity contribution in [3.8, 4) is 5.75 Å². The van der Waals surface area contributed by atoms with Gasteiger partial charge in [-0.2, -0.15) is 5.10 Å². The number of amides is 1. The fourth-order valence-electron chi connectivity index (χ4n) is 2.69.